The Morgan fingerprint density at radius 2 is 2.03 bits per heavy atom. The van der Waals surface area contributed by atoms with Gasteiger partial charge in [0.1, 0.15) is 41.4 Å². The van der Waals surface area contributed by atoms with Crippen LogP contribution in [-0.4, -0.2) is 27.4 Å². The summed E-state index contributed by atoms with van der Waals surface area (Å²) in [5, 5.41) is 20.7. The van der Waals surface area contributed by atoms with E-state index in [-0.39, 0.29) is 23.1 Å². The molecule has 4 aromatic rings. The van der Waals surface area contributed by atoms with E-state index in [0.717, 1.165) is 11.3 Å². The van der Waals surface area contributed by atoms with E-state index >= 15 is 0 Å². The van der Waals surface area contributed by atoms with Crippen molar-refractivity contribution < 1.29 is 18.4 Å². The molecule has 2 aromatic carbocycles. The number of ether oxygens (including phenoxy) is 1. The molecule has 10 heteroatoms. The molecule has 184 valence electrons. The molecule has 36 heavy (non-hydrogen) atoms. The number of rotatable bonds is 9. The van der Waals surface area contributed by atoms with Crippen molar-refractivity contribution in [3.63, 3.8) is 0 Å². The quantitative estimate of drug-likeness (QED) is 0.340. The smallest absolute Gasteiger partial charge is 0.251 e. The third-order valence-electron chi connectivity index (χ3n) is 5.71. The molecule has 0 saturated heterocycles. The highest BCUT2D eigenvalue weighted by molar-refractivity contribution is 5.94. The molecule has 4 rings (SSSR count). The van der Waals surface area contributed by atoms with Crippen molar-refractivity contribution in [1.82, 2.24) is 20.3 Å². The van der Waals surface area contributed by atoms with Crippen LogP contribution in [0.1, 0.15) is 45.1 Å². The van der Waals surface area contributed by atoms with Crippen molar-refractivity contribution in [3.8, 4) is 17.5 Å². The summed E-state index contributed by atoms with van der Waals surface area (Å²) in [6.45, 7) is 4.34. The number of anilines is 1. The van der Waals surface area contributed by atoms with E-state index in [4.69, 9.17) is 15.0 Å². The van der Waals surface area contributed by atoms with E-state index in [2.05, 4.69) is 21.6 Å². The minimum absolute atomic E-state index is 0.191. The highest BCUT2D eigenvalue weighted by Crippen LogP contribution is 2.22. The van der Waals surface area contributed by atoms with Crippen LogP contribution in [0.25, 0.3) is 5.69 Å². The van der Waals surface area contributed by atoms with Gasteiger partial charge in [0.05, 0.1) is 22.6 Å². The number of nitriles is 1. The van der Waals surface area contributed by atoms with Crippen molar-refractivity contribution in [1.29, 1.82) is 5.26 Å². The molecule has 0 saturated carbocycles. The second-order valence-corrected chi connectivity index (χ2v) is 8.19. The average Bonchev–Trinajstić information content (AvgIpc) is 3.38. The fourth-order valence-electron chi connectivity index (χ4n) is 3.70. The number of benzene rings is 2. The van der Waals surface area contributed by atoms with Gasteiger partial charge in [0.15, 0.2) is 0 Å². The summed E-state index contributed by atoms with van der Waals surface area (Å²) in [6, 6.07) is 14.7. The van der Waals surface area contributed by atoms with E-state index in [1.807, 2.05) is 13.8 Å². The first-order chi connectivity index (χ1) is 17.4. The van der Waals surface area contributed by atoms with Crippen LogP contribution < -0.4 is 15.8 Å². The summed E-state index contributed by atoms with van der Waals surface area (Å²) in [5.41, 5.74) is 9.55. The van der Waals surface area contributed by atoms with E-state index in [1.54, 1.807) is 24.3 Å². The number of carbonyl (C=O) groups excluding carboxylic acids is 1. The van der Waals surface area contributed by atoms with Gasteiger partial charge in [0, 0.05) is 12.1 Å². The third-order valence-corrected chi connectivity index (χ3v) is 5.71. The first-order valence-electron chi connectivity index (χ1n) is 11.3. The van der Waals surface area contributed by atoms with Crippen LogP contribution in [0.3, 0.4) is 0 Å². The predicted molar refractivity (Wildman–Crippen MR) is 130 cm³/mol. The SMILES string of the molecule is Cc1noc(C)c1COc1cccc(C(=O)NCCCc2nn(-c3ccc(F)cc3)c(N)c2C#N)c1. The second kappa shape index (κ2) is 10.7. The van der Waals surface area contributed by atoms with E-state index in [0.29, 0.717) is 54.4 Å². The molecule has 0 aliphatic heterocycles. The van der Waals surface area contributed by atoms with Crippen molar-refractivity contribution in [2.24, 2.45) is 0 Å². The molecule has 0 radical (unpaired) electrons. The topological polar surface area (TPSA) is 132 Å². The fraction of sp³-hybridized carbons (Fsp3) is 0.231. The number of nitrogens with two attached hydrogens (primary N) is 1. The lowest BCUT2D eigenvalue weighted by atomic mass is 10.1. The Morgan fingerprint density at radius 3 is 2.72 bits per heavy atom. The van der Waals surface area contributed by atoms with Crippen LogP contribution in [0, 0.1) is 31.0 Å². The number of nitrogens with one attached hydrogen (secondary N) is 1. The monoisotopic (exact) mass is 488 g/mol. The molecule has 0 spiro atoms. The van der Waals surface area contributed by atoms with Gasteiger partial charge in [-0.3, -0.25) is 4.79 Å². The van der Waals surface area contributed by atoms with Crippen molar-refractivity contribution >= 4 is 11.7 Å². The molecule has 0 aliphatic rings. The van der Waals surface area contributed by atoms with E-state index < -0.39 is 0 Å². The van der Waals surface area contributed by atoms with Gasteiger partial charge < -0.3 is 20.3 Å². The van der Waals surface area contributed by atoms with E-state index in [1.165, 1.54) is 28.9 Å². The van der Waals surface area contributed by atoms with Crippen molar-refractivity contribution in [2.75, 3.05) is 12.3 Å². The standard InChI is InChI=1S/C26H25FN6O3/c1-16-23(17(2)36-32-16)15-35-21-6-3-5-18(13-21)26(34)30-12-4-7-24-22(14-28)25(29)33(31-24)20-10-8-19(27)9-11-20/h3,5-6,8-11,13H,4,7,12,15,29H2,1-2H3,(H,30,34). The first-order valence-corrected chi connectivity index (χ1v) is 11.3. The summed E-state index contributed by atoms with van der Waals surface area (Å²) in [6.07, 6.45) is 0.977. The third kappa shape index (κ3) is 5.36. The zero-order valence-corrected chi connectivity index (χ0v) is 19.9. The zero-order chi connectivity index (χ0) is 25.7. The number of hydrogen-bond acceptors (Lipinski definition) is 7. The summed E-state index contributed by atoms with van der Waals surface area (Å²) < 4.78 is 25.6. The number of nitrogen functional groups attached to an aromatic ring is 1. The van der Waals surface area contributed by atoms with Gasteiger partial charge in [-0.25, -0.2) is 9.07 Å². The van der Waals surface area contributed by atoms with Crippen LogP contribution in [-0.2, 0) is 13.0 Å². The maximum absolute atomic E-state index is 13.2. The zero-order valence-electron chi connectivity index (χ0n) is 19.9. The van der Waals surface area contributed by atoms with Gasteiger partial charge in [0.25, 0.3) is 5.91 Å². The number of carbonyl (C=O) groups is 1. The highest BCUT2D eigenvalue weighted by Gasteiger charge is 2.17. The van der Waals surface area contributed by atoms with Crippen LogP contribution in [0.15, 0.2) is 53.1 Å². The van der Waals surface area contributed by atoms with Gasteiger partial charge >= 0.3 is 0 Å². The van der Waals surface area contributed by atoms with Gasteiger partial charge in [-0.2, -0.15) is 10.4 Å². The Hall–Kier alpha value is -4.65. The van der Waals surface area contributed by atoms with Crippen LogP contribution in [0.4, 0.5) is 10.2 Å². The molecular formula is C26H25FN6O3. The first kappa shape index (κ1) is 24.5. The van der Waals surface area contributed by atoms with Gasteiger partial charge in [0.2, 0.25) is 0 Å². The number of nitrogens with zero attached hydrogens (tertiary/aromatic N) is 4. The summed E-state index contributed by atoms with van der Waals surface area (Å²) in [4.78, 5) is 12.6. The van der Waals surface area contributed by atoms with E-state index in [9.17, 15) is 14.4 Å². The van der Waals surface area contributed by atoms with Gasteiger partial charge in [-0.15, -0.1) is 0 Å². The number of aromatic nitrogens is 3. The number of amides is 1. The van der Waals surface area contributed by atoms with Crippen LogP contribution in [0.5, 0.6) is 5.75 Å². The molecule has 3 N–H and O–H groups in total. The molecule has 2 heterocycles. The molecule has 1 amide bonds. The normalized spacial score (nSPS) is 10.7. The summed E-state index contributed by atoms with van der Waals surface area (Å²) in [5.74, 6) is 0.832. The summed E-state index contributed by atoms with van der Waals surface area (Å²) >= 11 is 0. The van der Waals surface area contributed by atoms with Crippen molar-refractivity contribution in [2.45, 2.75) is 33.3 Å². The van der Waals surface area contributed by atoms with Gasteiger partial charge in [-0.05, 0) is 69.2 Å². The van der Waals surface area contributed by atoms with Gasteiger partial charge in [-0.1, -0.05) is 11.2 Å². The number of halogens is 1. The van der Waals surface area contributed by atoms with Crippen LogP contribution >= 0.6 is 0 Å². The Kier molecular flexibility index (Phi) is 7.30. The lowest BCUT2D eigenvalue weighted by Crippen LogP contribution is -2.24. The maximum atomic E-state index is 13.2. The minimum atomic E-state index is -0.376. The lowest BCUT2D eigenvalue weighted by Gasteiger charge is -2.09. The molecule has 0 unspecified atom stereocenters. The number of hydrogen-bond donors (Lipinski definition) is 2. The predicted octanol–water partition coefficient (Wildman–Crippen LogP) is 4.01. The Labute approximate surface area is 207 Å². The minimum Gasteiger partial charge on any atom is -0.489 e. The lowest BCUT2D eigenvalue weighted by molar-refractivity contribution is 0.0952. The van der Waals surface area contributed by atoms with Crippen LogP contribution in [0.2, 0.25) is 0 Å². The molecule has 0 bridgehead atoms. The second-order valence-electron chi connectivity index (χ2n) is 8.19. The maximum Gasteiger partial charge on any atom is 0.251 e. The van der Waals surface area contributed by atoms with Crippen molar-refractivity contribution in [3.05, 3.63) is 88.2 Å². The molecule has 2 aromatic heterocycles. The Balaban J connectivity index is 1.33. The molecular weight excluding hydrogens is 463 g/mol. The summed E-state index contributed by atoms with van der Waals surface area (Å²) in [7, 11) is 0. The molecule has 0 aliphatic carbocycles. The highest BCUT2D eigenvalue weighted by atomic mass is 19.1. The Morgan fingerprint density at radius 1 is 1.25 bits per heavy atom. The molecule has 0 fully saturated rings. The Bertz CT molecular complexity index is 1400. The number of aryl methyl sites for hydroxylation is 3. The fourth-order valence-corrected chi connectivity index (χ4v) is 3.70. The molecule has 0 atom stereocenters. The largest absolute Gasteiger partial charge is 0.489 e. The average molecular weight is 489 g/mol. The molecule has 9 nitrogen and oxygen atoms in total.